The van der Waals surface area contributed by atoms with Crippen LogP contribution in [0.15, 0.2) is 24.3 Å². The Kier molecular flexibility index (Phi) is 2.04. The first-order valence-electron chi connectivity index (χ1n) is 3.20. The van der Waals surface area contributed by atoms with Crippen molar-refractivity contribution < 1.29 is 5.11 Å². The Morgan fingerprint density at radius 2 is 1.80 bits per heavy atom. The summed E-state index contributed by atoms with van der Waals surface area (Å²) in [5.41, 5.74) is 7.15. The smallest absolute Gasteiger partial charge is 0.128 e. The lowest BCUT2D eigenvalue weighted by Crippen LogP contribution is -2.07. The summed E-state index contributed by atoms with van der Waals surface area (Å²) in [6, 6.07) is 7.48. The Balaban J connectivity index is 2.89. The van der Waals surface area contributed by atoms with Gasteiger partial charge in [-0.05, 0) is 12.5 Å². The third-order valence-corrected chi connectivity index (χ3v) is 1.42. The fraction of sp³-hybridized carbons (Fsp3) is 0.250. The number of rotatable bonds is 1. The van der Waals surface area contributed by atoms with Crippen molar-refractivity contribution in [2.45, 2.75) is 13.2 Å². The van der Waals surface area contributed by atoms with Gasteiger partial charge >= 0.3 is 0 Å². The van der Waals surface area contributed by atoms with E-state index in [0.717, 1.165) is 5.56 Å². The molecular formula is C8H11NO. The molecule has 1 atom stereocenters. The van der Waals surface area contributed by atoms with E-state index in [1.807, 2.05) is 31.2 Å². The SMILES string of the molecule is Cc1ccc(C(N)O)cc1. The molecule has 1 aromatic rings. The van der Waals surface area contributed by atoms with Crippen LogP contribution in [0.25, 0.3) is 0 Å². The molecule has 0 aliphatic heterocycles. The highest BCUT2D eigenvalue weighted by Gasteiger charge is 1.97. The molecule has 0 bridgehead atoms. The van der Waals surface area contributed by atoms with E-state index in [2.05, 4.69) is 0 Å². The summed E-state index contributed by atoms with van der Waals surface area (Å²) in [5.74, 6) is 0. The van der Waals surface area contributed by atoms with Gasteiger partial charge in [0.1, 0.15) is 6.23 Å². The summed E-state index contributed by atoms with van der Waals surface area (Å²) < 4.78 is 0. The van der Waals surface area contributed by atoms with Crippen LogP contribution < -0.4 is 5.73 Å². The van der Waals surface area contributed by atoms with Crippen molar-refractivity contribution in [1.82, 2.24) is 0 Å². The summed E-state index contributed by atoms with van der Waals surface area (Å²) in [6.45, 7) is 1.99. The zero-order valence-electron chi connectivity index (χ0n) is 5.91. The van der Waals surface area contributed by atoms with Gasteiger partial charge in [0.15, 0.2) is 0 Å². The van der Waals surface area contributed by atoms with E-state index in [0.29, 0.717) is 0 Å². The van der Waals surface area contributed by atoms with Crippen molar-refractivity contribution in [3.05, 3.63) is 35.4 Å². The van der Waals surface area contributed by atoms with Gasteiger partial charge in [0, 0.05) is 0 Å². The van der Waals surface area contributed by atoms with Crippen LogP contribution in [0.1, 0.15) is 17.4 Å². The van der Waals surface area contributed by atoms with Gasteiger partial charge in [-0.25, -0.2) is 0 Å². The Labute approximate surface area is 60.3 Å². The summed E-state index contributed by atoms with van der Waals surface area (Å²) in [6.07, 6.45) is -0.847. The topological polar surface area (TPSA) is 46.2 Å². The number of aryl methyl sites for hydroxylation is 1. The molecule has 0 fully saturated rings. The lowest BCUT2D eigenvalue weighted by atomic mass is 10.1. The Hall–Kier alpha value is -0.860. The highest BCUT2D eigenvalue weighted by molar-refractivity contribution is 5.22. The van der Waals surface area contributed by atoms with Crippen LogP contribution in [0.4, 0.5) is 0 Å². The van der Waals surface area contributed by atoms with Gasteiger partial charge in [-0.1, -0.05) is 29.8 Å². The molecule has 1 unspecified atom stereocenters. The molecule has 1 rings (SSSR count). The third kappa shape index (κ3) is 1.56. The van der Waals surface area contributed by atoms with Crippen LogP contribution >= 0.6 is 0 Å². The lowest BCUT2D eigenvalue weighted by Gasteiger charge is -2.03. The molecule has 0 amide bonds. The van der Waals surface area contributed by atoms with Crippen LogP contribution in [-0.2, 0) is 0 Å². The molecule has 0 aromatic heterocycles. The number of hydrogen-bond donors (Lipinski definition) is 2. The molecule has 3 N–H and O–H groups in total. The zero-order valence-corrected chi connectivity index (χ0v) is 5.91. The van der Waals surface area contributed by atoms with E-state index < -0.39 is 6.23 Å². The monoisotopic (exact) mass is 137 g/mol. The molecule has 0 spiro atoms. The van der Waals surface area contributed by atoms with E-state index >= 15 is 0 Å². The number of aliphatic hydroxyl groups excluding tert-OH is 1. The molecule has 1 aromatic carbocycles. The van der Waals surface area contributed by atoms with E-state index in [1.54, 1.807) is 0 Å². The van der Waals surface area contributed by atoms with Gasteiger partial charge in [0.25, 0.3) is 0 Å². The van der Waals surface area contributed by atoms with Crippen LogP contribution in [0.3, 0.4) is 0 Å². The van der Waals surface area contributed by atoms with E-state index in [1.165, 1.54) is 5.56 Å². The predicted molar refractivity (Wildman–Crippen MR) is 40.3 cm³/mol. The van der Waals surface area contributed by atoms with Gasteiger partial charge in [0.05, 0.1) is 0 Å². The molecule has 2 nitrogen and oxygen atoms in total. The van der Waals surface area contributed by atoms with Crippen LogP contribution in [-0.4, -0.2) is 5.11 Å². The summed E-state index contributed by atoms with van der Waals surface area (Å²) in [4.78, 5) is 0. The molecule has 0 saturated carbocycles. The van der Waals surface area contributed by atoms with Crippen molar-refractivity contribution in [3.8, 4) is 0 Å². The minimum Gasteiger partial charge on any atom is -0.375 e. The Bertz CT molecular complexity index is 203. The van der Waals surface area contributed by atoms with Crippen LogP contribution in [0, 0.1) is 6.92 Å². The largest absolute Gasteiger partial charge is 0.375 e. The zero-order chi connectivity index (χ0) is 7.56. The number of aliphatic hydroxyl groups is 1. The number of benzene rings is 1. The quantitative estimate of drug-likeness (QED) is 0.566. The maximum absolute atomic E-state index is 8.89. The van der Waals surface area contributed by atoms with Gasteiger partial charge < -0.3 is 10.8 Å². The maximum Gasteiger partial charge on any atom is 0.128 e. The fourth-order valence-corrected chi connectivity index (χ4v) is 0.764. The minimum atomic E-state index is -0.847. The normalized spacial score (nSPS) is 13.1. The first-order chi connectivity index (χ1) is 4.70. The molecule has 0 radical (unpaired) electrons. The Morgan fingerprint density at radius 3 is 2.20 bits per heavy atom. The van der Waals surface area contributed by atoms with E-state index in [-0.39, 0.29) is 0 Å². The standard InChI is InChI=1S/C8H11NO/c1-6-2-4-7(5-3-6)8(9)10/h2-5,8,10H,9H2,1H3. The molecule has 0 aliphatic rings. The fourth-order valence-electron chi connectivity index (χ4n) is 0.764. The van der Waals surface area contributed by atoms with Crippen molar-refractivity contribution in [1.29, 1.82) is 0 Å². The molecule has 0 saturated heterocycles. The van der Waals surface area contributed by atoms with Crippen molar-refractivity contribution >= 4 is 0 Å². The van der Waals surface area contributed by atoms with Crippen LogP contribution in [0.5, 0.6) is 0 Å². The van der Waals surface area contributed by atoms with Gasteiger partial charge in [0.2, 0.25) is 0 Å². The van der Waals surface area contributed by atoms with E-state index in [9.17, 15) is 0 Å². The first-order valence-corrected chi connectivity index (χ1v) is 3.20. The van der Waals surface area contributed by atoms with E-state index in [4.69, 9.17) is 10.8 Å². The second kappa shape index (κ2) is 2.82. The molecule has 0 heterocycles. The van der Waals surface area contributed by atoms with Crippen molar-refractivity contribution in [3.63, 3.8) is 0 Å². The van der Waals surface area contributed by atoms with Crippen molar-refractivity contribution in [2.24, 2.45) is 5.73 Å². The van der Waals surface area contributed by atoms with Gasteiger partial charge in [-0.3, -0.25) is 0 Å². The average Bonchev–Trinajstić information content (AvgIpc) is 1.88. The van der Waals surface area contributed by atoms with Gasteiger partial charge in [-0.15, -0.1) is 0 Å². The highest BCUT2D eigenvalue weighted by Crippen LogP contribution is 2.07. The number of nitrogens with two attached hydrogens (primary N) is 1. The lowest BCUT2D eigenvalue weighted by molar-refractivity contribution is 0.186. The second-order valence-corrected chi connectivity index (χ2v) is 2.36. The van der Waals surface area contributed by atoms with Gasteiger partial charge in [-0.2, -0.15) is 0 Å². The molecule has 2 heteroatoms. The molecular weight excluding hydrogens is 126 g/mol. The molecule has 54 valence electrons. The summed E-state index contributed by atoms with van der Waals surface area (Å²) in [5, 5.41) is 8.89. The second-order valence-electron chi connectivity index (χ2n) is 2.36. The number of hydrogen-bond acceptors (Lipinski definition) is 2. The molecule has 10 heavy (non-hydrogen) atoms. The van der Waals surface area contributed by atoms with Crippen molar-refractivity contribution in [2.75, 3.05) is 0 Å². The summed E-state index contributed by atoms with van der Waals surface area (Å²) in [7, 11) is 0. The highest BCUT2D eigenvalue weighted by atomic mass is 16.3. The average molecular weight is 137 g/mol. The third-order valence-electron chi connectivity index (χ3n) is 1.42. The first kappa shape index (κ1) is 7.25. The maximum atomic E-state index is 8.89. The molecule has 0 aliphatic carbocycles. The Morgan fingerprint density at radius 1 is 1.30 bits per heavy atom. The summed E-state index contributed by atoms with van der Waals surface area (Å²) >= 11 is 0. The predicted octanol–water partition coefficient (Wildman–Crippen LogP) is 0.945. The minimum absolute atomic E-state index is 0.755. The van der Waals surface area contributed by atoms with Crippen LogP contribution in [0.2, 0.25) is 0 Å².